The first kappa shape index (κ1) is 9.59. The fraction of sp³-hybridized carbons (Fsp3) is 0.200. The van der Waals surface area contributed by atoms with Gasteiger partial charge in [-0.3, -0.25) is 0 Å². The van der Waals surface area contributed by atoms with Crippen LogP contribution in [0.3, 0.4) is 0 Å². The van der Waals surface area contributed by atoms with E-state index in [1.165, 1.54) is 28.9 Å². The Balaban J connectivity index is 2.00. The van der Waals surface area contributed by atoms with Crippen molar-refractivity contribution in [2.75, 3.05) is 0 Å². The molecule has 0 aromatic heterocycles. The Kier molecular flexibility index (Phi) is 2.24. The fourth-order valence-corrected chi connectivity index (χ4v) is 2.47. The van der Waals surface area contributed by atoms with Crippen LogP contribution in [0.15, 0.2) is 53.6 Å². The van der Waals surface area contributed by atoms with Crippen LogP contribution in [0, 0.1) is 5.82 Å². The molecule has 0 fully saturated rings. The summed E-state index contributed by atoms with van der Waals surface area (Å²) in [5.41, 5.74) is 5.33. The van der Waals surface area contributed by atoms with Crippen LogP contribution in [-0.4, -0.2) is 0 Å². The highest BCUT2D eigenvalue weighted by atomic mass is 19.1. The largest absolute Gasteiger partial charge is 0.207 e. The molecule has 0 aliphatic heterocycles. The second kappa shape index (κ2) is 3.75. The molecule has 0 spiro atoms. The van der Waals surface area contributed by atoms with E-state index in [0.717, 1.165) is 24.8 Å². The molecule has 1 aromatic carbocycles. The average molecular weight is 212 g/mol. The molecule has 0 atom stereocenters. The van der Waals surface area contributed by atoms with Crippen LogP contribution in [-0.2, 0) is 0 Å². The lowest BCUT2D eigenvalue weighted by atomic mass is 9.92. The maximum Gasteiger partial charge on any atom is 0.123 e. The van der Waals surface area contributed by atoms with Crippen LogP contribution in [0.25, 0.3) is 5.57 Å². The Bertz CT molecular complexity index is 501. The Morgan fingerprint density at radius 3 is 2.69 bits per heavy atom. The lowest BCUT2D eigenvalue weighted by Crippen LogP contribution is -1.93. The summed E-state index contributed by atoms with van der Waals surface area (Å²) in [6.07, 6.45) is 9.99. The maximum atomic E-state index is 12.9. The lowest BCUT2D eigenvalue weighted by molar-refractivity contribution is 0.627. The molecule has 1 aromatic rings. The van der Waals surface area contributed by atoms with Gasteiger partial charge in [-0.1, -0.05) is 30.4 Å². The van der Waals surface area contributed by atoms with Gasteiger partial charge in [0.15, 0.2) is 0 Å². The van der Waals surface area contributed by atoms with Crippen molar-refractivity contribution in [2.45, 2.75) is 19.3 Å². The van der Waals surface area contributed by atoms with Gasteiger partial charge in [0.25, 0.3) is 0 Å². The molecule has 0 nitrogen and oxygen atoms in total. The van der Waals surface area contributed by atoms with E-state index in [1.54, 1.807) is 0 Å². The molecular formula is C15H13F. The molecule has 80 valence electrons. The zero-order valence-corrected chi connectivity index (χ0v) is 9.04. The van der Waals surface area contributed by atoms with E-state index in [2.05, 4.69) is 18.2 Å². The molecule has 0 bridgehead atoms. The predicted octanol–water partition coefficient (Wildman–Crippen LogP) is 4.26. The Hall–Kier alpha value is -1.63. The summed E-state index contributed by atoms with van der Waals surface area (Å²) in [5.74, 6) is -0.167. The number of hydrogen-bond donors (Lipinski definition) is 0. The van der Waals surface area contributed by atoms with E-state index in [4.69, 9.17) is 0 Å². The smallest absolute Gasteiger partial charge is 0.123 e. The van der Waals surface area contributed by atoms with Crippen LogP contribution in [0.4, 0.5) is 4.39 Å². The third-order valence-electron chi connectivity index (χ3n) is 3.27. The number of allylic oxidation sites excluding steroid dienone is 6. The average Bonchev–Trinajstić information content (AvgIpc) is 2.74. The van der Waals surface area contributed by atoms with E-state index < -0.39 is 0 Å². The van der Waals surface area contributed by atoms with Crippen molar-refractivity contribution in [3.63, 3.8) is 0 Å². The van der Waals surface area contributed by atoms with Crippen molar-refractivity contribution in [3.8, 4) is 0 Å². The highest BCUT2D eigenvalue weighted by molar-refractivity contribution is 5.84. The molecule has 3 rings (SSSR count). The van der Waals surface area contributed by atoms with Gasteiger partial charge >= 0.3 is 0 Å². The fourth-order valence-electron chi connectivity index (χ4n) is 2.47. The first-order chi connectivity index (χ1) is 7.84. The highest BCUT2D eigenvalue weighted by Gasteiger charge is 2.18. The van der Waals surface area contributed by atoms with Crippen LogP contribution in [0.5, 0.6) is 0 Å². The van der Waals surface area contributed by atoms with Gasteiger partial charge in [0.1, 0.15) is 5.82 Å². The van der Waals surface area contributed by atoms with Crippen LogP contribution >= 0.6 is 0 Å². The standard InChI is InChI=1S/C15H13F/c16-13-8-5-12(6-9-13)15-10-7-11-3-1-2-4-14(11)15/h1,3,5-6,8-10H,2,4,7H2. The summed E-state index contributed by atoms with van der Waals surface area (Å²) in [6, 6.07) is 6.81. The first-order valence-electron chi connectivity index (χ1n) is 5.69. The van der Waals surface area contributed by atoms with Gasteiger partial charge in [-0.2, -0.15) is 0 Å². The van der Waals surface area contributed by atoms with Gasteiger partial charge < -0.3 is 0 Å². The number of hydrogen-bond acceptors (Lipinski definition) is 0. The molecule has 0 N–H and O–H groups in total. The van der Waals surface area contributed by atoms with Gasteiger partial charge in [-0.25, -0.2) is 4.39 Å². The van der Waals surface area contributed by atoms with Crippen LogP contribution in [0.2, 0.25) is 0 Å². The second-order valence-electron chi connectivity index (χ2n) is 4.27. The van der Waals surface area contributed by atoms with Crippen molar-refractivity contribution in [1.82, 2.24) is 0 Å². The SMILES string of the molecule is Fc1ccc(C2=CCC3=C2CCC=C3)cc1. The predicted molar refractivity (Wildman–Crippen MR) is 64.4 cm³/mol. The molecule has 2 aliphatic carbocycles. The summed E-state index contributed by atoms with van der Waals surface area (Å²) in [4.78, 5) is 0. The summed E-state index contributed by atoms with van der Waals surface area (Å²) >= 11 is 0. The Labute approximate surface area is 94.8 Å². The zero-order chi connectivity index (χ0) is 11.0. The Morgan fingerprint density at radius 1 is 1.06 bits per heavy atom. The summed E-state index contributed by atoms with van der Waals surface area (Å²) in [6.45, 7) is 0. The lowest BCUT2D eigenvalue weighted by Gasteiger charge is -2.12. The summed E-state index contributed by atoms with van der Waals surface area (Å²) < 4.78 is 12.9. The highest BCUT2D eigenvalue weighted by Crippen LogP contribution is 2.39. The van der Waals surface area contributed by atoms with Crippen LogP contribution < -0.4 is 0 Å². The van der Waals surface area contributed by atoms with E-state index in [0.29, 0.717) is 0 Å². The monoisotopic (exact) mass is 212 g/mol. The molecule has 0 saturated heterocycles. The first-order valence-corrected chi connectivity index (χ1v) is 5.69. The quantitative estimate of drug-likeness (QED) is 0.652. The van der Waals surface area contributed by atoms with E-state index >= 15 is 0 Å². The zero-order valence-electron chi connectivity index (χ0n) is 9.04. The normalized spacial score (nSPS) is 18.7. The molecule has 0 amide bonds. The van der Waals surface area contributed by atoms with Gasteiger partial charge in [0.2, 0.25) is 0 Å². The van der Waals surface area contributed by atoms with E-state index in [-0.39, 0.29) is 5.82 Å². The topological polar surface area (TPSA) is 0 Å². The third-order valence-corrected chi connectivity index (χ3v) is 3.27. The minimum atomic E-state index is -0.167. The van der Waals surface area contributed by atoms with Crippen molar-refractivity contribution in [2.24, 2.45) is 0 Å². The minimum Gasteiger partial charge on any atom is -0.207 e. The minimum absolute atomic E-state index is 0.167. The molecule has 1 heteroatoms. The molecule has 0 radical (unpaired) electrons. The van der Waals surface area contributed by atoms with Crippen molar-refractivity contribution in [3.05, 3.63) is 65.0 Å². The number of rotatable bonds is 1. The van der Waals surface area contributed by atoms with Gasteiger partial charge in [0, 0.05) is 0 Å². The molecule has 0 unspecified atom stereocenters. The Morgan fingerprint density at radius 2 is 1.88 bits per heavy atom. The third kappa shape index (κ3) is 1.53. The van der Waals surface area contributed by atoms with E-state index in [1.807, 2.05) is 12.1 Å². The molecule has 0 heterocycles. The van der Waals surface area contributed by atoms with Gasteiger partial charge in [-0.05, 0) is 53.7 Å². The number of halogens is 1. The van der Waals surface area contributed by atoms with Crippen molar-refractivity contribution in [1.29, 1.82) is 0 Å². The second-order valence-corrected chi connectivity index (χ2v) is 4.27. The van der Waals surface area contributed by atoms with Crippen molar-refractivity contribution >= 4 is 5.57 Å². The van der Waals surface area contributed by atoms with Gasteiger partial charge in [-0.15, -0.1) is 0 Å². The molecular weight excluding hydrogens is 199 g/mol. The molecule has 2 aliphatic rings. The molecule has 0 saturated carbocycles. The maximum absolute atomic E-state index is 12.9. The van der Waals surface area contributed by atoms with Crippen LogP contribution in [0.1, 0.15) is 24.8 Å². The van der Waals surface area contributed by atoms with Crippen molar-refractivity contribution < 1.29 is 4.39 Å². The summed E-state index contributed by atoms with van der Waals surface area (Å²) in [5, 5.41) is 0. The number of benzene rings is 1. The summed E-state index contributed by atoms with van der Waals surface area (Å²) in [7, 11) is 0. The van der Waals surface area contributed by atoms with Gasteiger partial charge in [0.05, 0.1) is 0 Å². The van der Waals surface area contributed by atoms with E-state index in [9.17, 15) is 4.39 Å². The molecule has 16 heavy (non-hydrogen) atoms.